The molecule has 46 valence electrons. The van der Waals surface area contributed by atoms with Gasteiger partial charge in [-0.05, 0) is 6.42 Å². The zero-order chi connectivity index (χ0) is 5.98. The minimum Gasteiger partial charge on any atom is -0.287 e. The molecule has 1 unspecified atom stereocenters. The lowest BCUT2D eigenvalue weighted by Crippen LogP contribution is -1.95. The van der Waals surface area contributed by atoms with Crippen molar-refractivity contribution < 1.29 is 4.79 Å². The zero-order valence-electron chi connectivity index (χ0n) is 4.39. The molecule has 3 heteroatoms. The molecule has 1 saturated heterocycles. The van der Waals surface area contributed by atoms with E-state index in [0.29, 0.717) is 10.4 Å². The lowest BCUT2D eigenvalue weighted by Gasteiger charge is -1.96. The molecule has 1 aliphatic heterocycles. The Bertz CT molecular complexity index is 105. The second kappa shape index (κ2) is 2.87. The maximum absolute atomic E-state index is 10.6. The van der Waals surface area contributed by atoms with Gasteiger partial charge in [-0.1, -0.05) is 27.7 Å². The number of rotatable bonds is 1. The van der Waals surface area contributed by atoms with Gasteiger partial charge in [0, 0.05) is 17.0 Å². The van der Waals surface area contributed by atoms with E-state index in [1.807, 2.05) is 0 Å². The lowest BCUT2D eigenvalue weighted by atomic mass is 10.3. The summed E-state index contributed by atoms with van der Waals surface area (Å²) in [5.74, 6) is 0. The number of halogens is 1. The van der Waals surface area contributed by atoms with Crippen LogP contribution in [0.15, 0.2) is 0 Å². The summed E-state index contributed by atoms with van der Waals surface area (Å²) in [5, 5.41) is 1.88. The molecule has 1 atom stereocenters. The highest BCUT2D eigenvalue weighted by atomic mass is 79.9. The van der Waals surface area contributed by atoms with Crippen molar-refractivity contribution in [1.29, 1.82) is 0 Å². The Labute approximate surface area is 61.3 Å². The molecule has 0 amide bonds. The van der Waals surface area contributed by atoms with Gasteiger partial charge in [0.2, 0.25) is 0 Å². The highest BCUT2D eigenvalue weighted by molar-refractivity contribution is 9.09. The molecule has 0 aromatic rings. The zero-order valence-corrected chi connectivity index (χ0v) is 6.80. The molecular formula is C5H7BrOS. The first kappa shape index (κ1) is 6.62. The van der Waals surface area contributed by atoms with Gasteiger partial charge in [-0.3, -0.25) is 4.79 Å². The molecule has 1 fully saturated rings. The van der Waals surface area contributed by atoms with Crippen LogP contribution in [-0.2, 0) is 4.79 Å². The van der Waals surface area contributed by atoms with Crippen molar-refractivity contribution in [3.8, 4) is 0 Å². The van der Waals surface area contributed by atoms with Crippen LogP contribution in [0.1, 0.15) is 12.8 Å². The summed E-state index contributed by atoms with van der Waals surface area (Å²) >= 11 is 4.81. The van der Waals surface area contributed by atoms with Crippen LogP contribution in [0.25, 0.3) is 0 Å². The van der Waals surface area contributed by atoms with Crippen LogP contribution < -0.4 is 0 Å². The summed E-state index contributed by atoms with van der Waals surface area (Å²) < 4.78 is 0. The summed E-state index contributed by atoms with van der Waals surface area (Å²) in [4.78, 5) is 10.6. The first-order valence-electron chi connectivity index (χ1n) is 2.58. The second-order valence-electron chi connectivity index (χ2n) is 1.80. The Morgan fingerprint density at radius 2 is 2.62 bits per heavy atom. The molecule has 0 saturated carbocycles. The fraction of sp³-hybridized carbons (Fsp3) is 0.800. The first-order chi connectivity index (χ1) is 3.83. The molecule has 1 nitrogen and oxygen atoms in total. The van der Waals surface area contributed by atoms with Crippen molar-refractivity contribution in [2.75, 3.05) is 5.33 Å². The standard InChI is InChI=1S/C5H7BrOS/c6-3-4-1-2-5(7)8-4/h4H,1-3H2. The minimum atomic E-state index is 0.356. The smallest absolute Gasteiger partial charge is 0.189 e. The number of thioether (sulfide) groups is 1. The molecule has 1 heterocycles. The van der Waals surface area contributed by atoms with Gasteiger partial charge in [0.05, 0.1) is 0 Å². The molecule has 0 N–H and O–H groups in total. The maximum Gasteiger partial charge on any atom is 0.189 e. The van der Waals surface area contributed by atoms with Gasteiger partial charge in [0.15, 0.2) is 5.12 Å². The molecule has 1 aliphatic rings. The summed E-state index contributed by atoms with van der Waals surface area (Å²) in [6, 6.07) is 0. The number of carbonyl (C=O) groups excluding carboxylic acids is 1. The van der Waals surface area contributed by atoms with Gasteiger partial charge in [-0.2, -0.15) is 0 Å². The molecule has 0 aromatic heterocycles. The third kappa shape index (κ3) is 1.49. The predicted molar refractivity (Wildman–Crippen MR) is 39.4 cm³/mol. The van der Waals surface area contributed by atoms with Crippen molar-refractivity contribution in [1.82, 2.24) is 0 Å². The average Bonchev–Trinajstić information content (AvgIpc) is 2.14. The highest BCUT2D eigenvalue weighted by Crippen LogP contribution is 2.28. The average molecular weight is 195 g/mol. The molecule has 1 rings (SSSR count). The topological polar surface area (TPSA) is 17.1 Å². The van der Waals surface area contributed by atoms with E-state index < -0.39 is 0 Å². The molecule has 0 aromatic carbocycles. The third-order valence-electron chi connectivity index (χ3n) is 1.14. The largest absolute Gasteiger partial charge is 0.287 e. The van der Waals surface area contributed by atoms with E-state index in [9.17, 15) is 4.79 Å². The fourth-order valence-electron chi connectivity index (χ4n) is 0.691. The van der Waals surface area contributed by atoms with Crippen LogP contribution in [0.3, 0.4) is 0 Å². The Morgan fingerprint density at radius 1 is 1.88 bits per heavy atom. The van der Waals surface area contributed by atoms with E-state index in [2.05, 4.69) is 15.9 Å². The van der Waals surface area contributed by atoms with E-state index in [-0.39, 0.29) is 0 Å². The van der Waals surface area contributed by atoms with Crippen molar-refractivity contribution >= 4 is 32.8 Å². The minimum absolute atomic E-state index is 0.356. The number of carbonyl (C=O) groups is 1. The predicted octanol–water partition coefficient (Wildman–Crippen LogP) is 1.80. The van der Waals surface area contributed by atoms with Crippen LogP contribution in [0.4, 0.5) is 0 Å². The van der Waals surface area contributed by atoms with E-state index in [1.165, 1.54) is 11.8 Å². The van der Waals surface area contributed by atoms with Gasteiger partial charge in [-0.25, -0.2) is 0 Å². The van der Waals surface area contributed by atoms with Gasteiger partial charge in [-0.15, -0.1) is 0 Å². The van der Waals surface area contributed by atoms with Gasteiger partial charge in [0.1, 0.15) is 0 Å². The molecule has 0 aliphatic carbocycles. The van der Waals surface area contributed by atoms with Crippen molar-refractivity contribution in [3.63, 3.8) is 0 Å². The highest BCUT2D eigenvalue weighted by Gasteiger charge is 2.20. The van der Waals surface area contributed by atoms with Gasteiger partial charge >= 0.3 is 0 Å². The summed E-state index contributed by atoms with van der Waals surface area (Å²) in [6.45, 7) is 0. The van der Waals surface area contributed by atoms with E-state index in [0.717, 1.165) is 18.2 Å². The summed E-state index contributed by atoms with van der Waals surface area (Å²) in [7, 11) is 0. The SMILES string of the molecule is O=C1CCC(CBr)S1. The van der Waals surface area contributed by atoms with Crippen LogP contribution in [-0.4, -0.2) is 15.7 Å². The van der Waals surface area contributed by atoms with E-state index in [4.69, 9.17) is 0 Å². The molecule has 0 radical (unpaired) electrons. The number of hydrogen-bond donors (Lipinski definition) is 0. The Hall–Kier alpha value is 0.500. The second-order valence-corrected chi connectivity index (χ2v) is 3.81. The Kier molecular flexibility index (Phi) is 2.38. The van der Waals surface area contributed by atoms with Crippen molar-refractivity contribution in [2.45, 2.75) is 18.1 Å². The fourth-order valence-corrected chi connectivity index (χ4v) is 2.32. The molecular weight excluding hydrogens is 188 g/mol. The maximum atomic E-state index is 10.6. The Morgan fingerprint density at radius 3 is 2.88 bits per heavy atom. The van der Waals surface area contributed by atoms with Gasteiger partial charge < -0.3 is 0 Å². The van der Waals surface area contributed by atoms with Gasteiger partial charge in [0.25, 0.3) is 0 Å². The van der Waals surface area contributed by atoms with Crippen LogP contribution in [0.5, 0.6) is 0 Å². The lowest BCUT2D eigenvalue weighted by molar-refractivity contribution is -0.110. The molecule has 8 heavy (non-hydrogen) atoms. The molecule has 0 bridgehead atoms. The monoisotopic (exact) mass is 194 g/mol. The van der Waals surface area contributed by atoms with Crippen molar-refractivity contribution in [2.24, 2.45) is 0 Å². The van der Waals surface area contributed by atoms with E-state index in [1.54, 1.807) is 0 Å². The quantitative estimate of drug-likeness (QED) is 0.593. The van der Waals surface area contributed by atoms with Crippen LogP contribution >= 0.6 is 27.7 Å². The molecule has 0 spiro atoms. The third-order valence-corrected chi connectivity index (χ3v) is 3.55. The van der Waals surface area contributed by atoms with Crippen LogP contribution in [0, 0.1) is 0 Å². The van der Waals surface area contributed by atoms with E-state index >= 15 is 0 Å². The summed E-state index contributed by atoms with van der Waals surface area (Å²) in [5.41, 5.74) is 0. The van der Waals surface area contributed by atoms with Crippen molar-refractivity contribution in [3.05, 3.63) is 0 Å². The number of hydrogen-bond acceptors (Lipinski definition) is 2. The normalized spacial score (nSPS) is 29.1. The first-order valence-corrected chi connectivity index (χ1v) is 4.58. The number of alkyl halides is 1. The Balaban J connectivity index is 2.32. The van der Waals surface area contributed by atoms with Crippen LogP contribution in [0.2, 0.25) is 0 Å². The summed E-state index contributed by atoms with van der Waals surface area (Å²) in [6.07, 6.45) is 1.84.